The number of rotatable bonds is 7. The summed E-state index contributed by atoms with van der Waals surface area (Å²) in [5, 5.41) is 14.4. The van der Waals surface area contributed by atoms with Crippen molar-refractivity contribution in [3.05, 3.63) is 0 Å². The van der Waals surface area contributed by atoms with Crippen LogP contribution in [-0.2, 0) is 14.4 Å². The van der Waals surface area contributed by atoms with Crippen molar-refractivity contribution in [2.45, 2.75) is 64.0 Å². The molecule has 0 aromatic carbocycles. The summed E-state index contributed by atoms with van der Waals surface area (Å²) in [6.07, 6.45) is 2.69. The lowest BCUT2D eigenvalue weighted by atomic mass is 9.76. The Morgan fingerprint density at radius 3 is 2.16 bits per heavy atom. The highest BCUT2D eigenvalue weighted by atomic mass is 16.4. The molecule has 2 amide bonds. The van der Waals surface area contributed by atoms with Gasteiger partial charge in [-0.05, 0) is 39.5 Å². The molecule has 3 N–H and O–H groups in total. The number of hydrogen-bond acceptors (Lipinski definition) is 3. The molecule has 0 bridgehead atoms. The molecular formula is C13H22N2O4. The van der Waals surface area contributed by atoms with Crippen LogP contribution in [0, 0.1) is 0 Å². The fourth-order valence-electron chi connectivity index (χ4n) is 2.06. The third kappa shape index (κ3) is 4.54. The van der Waals surface area contributed by atoms with Crippen LogP contribution in [0.2, 0.25) is 0 Å². The van der Waals surface area contributed by atoms with Crippen LogP contribution in [0.5, 0.6) is 0 Å². The van der Waals surface area contributed by atoms with E-state index in [0.29, 0.717) is 19.3 Å². The predicted octanol–water partition coefficient (Wildman–Crippen LogP) is 0.805. The maximum absolute atomic E-state index is 11.7. The molecule has 6 nitrogen and oxygen atoms in total. The quantitative estimate of drug-likeness (QED) is 0.637. The number of carbonyl (C=O) groups excluding carboxylic acids is 2. The molecule has 0 spiro atoms. The van der Waals surface area contributed by atoms with Crippen molar-refractivity contribution in [1.82, 2.24) is 10.6 Å². The van der Waals surface area contributed by atoms with E-state index in [-0.39, 0.29) is 30.7 Å². The Labute approximate surface area is 112 Å². The fourth-order valence-corrected chi connectivity index (χ4v) is 2.06. The first-order chi connectivity index (χ1) is 8.85. The fraction of sp³-hybridized carbons (Fsp3) is 0.769. The molecule has 1 fully saturated rings. The van der Waals surface area contributed by atoms with E-state index in [4.69, 9.17) is 5.11 Å². The largest absolute Gasteiger partial charge is 0.480 e. The molecule has 0 atom stereocenters. The van der Waals surface area contributed by atoms with Gasteiger partial charge in [0.05, 0.1) is 0 Å². The van der Waals surface area contributed by atoms with Gasteiger partial charge < -0.3 is 15.7 Å². The summed E-state index contributed by atoms with van der Waals surface area (Å²) in [7, 11) is 0. The molecule has 1 aliphatic rings. The maximum Gasteiger partial charge on any atom is 0.329 e. The first-order valence-corrected chi connectivity index (χ1v) is 6.69. The topological polar surface area (TPSA) is 95.5 Å². The van der Waals surface area contributed by atoms with E-state index >= 15 is 0 Å². The maximum atomic E-state index is 11.7. The Hall–Kier alpha value is -1.59. The van der Waals surface area contributed by atoms with Crippen molar-refractivity contribution in [1.29, 1.82) is 0 Å². The Morgan fingerprint density at radius 2 is 1.74 bits per heavy atom. The Bertz CT molecular complexity index is 362. The molecule has 1 saturated carbocycles. The van der Waals surface area contributed by atoms with Crippen LogP contribution in [0.15, 0.2) is 0 Å². The summed E-state index contributed by atoms with van der Waals surface area (Å²) in [4.78, 5) is 34.1. The molecule has 0 aliphatic heterocycles. The average Bonchev–Trinajstić information content (AvgIpc) is 2.21. The van der Waals surface area contributed by atoms with Gasteiger partial charge in [0, 0.05) is 18.9 Å². The second-order valence-corrected chi connectivity index (χ2v) is 5.36. The monoisotopic (exact) mass is 270 g/mol. The Morgan fingerprint density at radius 1 is 1.16 bits per heavy atom. The van der Waals surface area contributed by atoms with Crippen LogP contribution in [0.3, 0.4) is 0 Å². The number of carboxylic acid groups (broad SMARTS) is 1. The molecule has 19 heavy (non-hydrogen) atoms. The summed E-state index contributed by atoms with van der Waals surface area (Å²) >= 11 is 0. The van der Waals surface area contributed by atoms with Crippen LogP contribution in [0.4, 0.5) is 0 Å². The van der Waals surface area contributed by atoms with Crippen LogP contribution < -0.4 is 10.6 Å². The third-order valence-corrected chi connectivity index (χ3v) is 3.25. The minimum Gasteiger partial charge on any atom is -0.480 e. The zero-order valence-corrected chi connectivity index (χ0v) is 11.5. The smallest absolute Gasteiger partial charge is 0.329 e. The second kappa shape index (κ2) is 6.54. The van der Waals surface area contributed by atoms with Gasteiger partial charge in [0.25, 0.3) is 0 Å². The number of carbonyl (C=O) groups is 3. The van der Waals surface area contributed by atoms with E-state index in [1.54, 1.807) is 0 Å². The van der Waals surface area contributed by atoms with Gasteiger partial charge in [0.1, 0.15) is 5.54 Å². The number of carboxylic acids is 1. The molecule has 0 aromatic heterocycles. The van der Waals surface area contributed by atoms with Gasteiger partial charge >= 0.3 is 5.97 Å². The molecule has 6 heteroatoms. The highest BCUT2D eigenvalue weighted by molar-refractivity contribution is 5.88. The summed E-state index contributed by atoms with van der Waals surface area (Å²) in [5.41, 5.74) is -1.06. The standard InChI is InChI=1S/C13H22N2O4/c1-9(2)14-10(16)5-3-6-11(17)15-13(12(18)19)7-4-8-13/h9H,3-8H2,1-2H3,(H,14,16)(H,15,17)(H,18,19). The van der Waals surface area contributed by atoms with Gasteiger partial charge in [-0.2, -0.15) is 0 Å². The van der Waals surface area contributed by atoms with Crippen molar-refractivity contribution >= 4 is 17.8 Å². The molecule has 1 rings (SSSR count). The Balaban J connectivity index is 2.25. The molecule has 108 valence electrons. The molecule has 0 aromatic rings. The molecular weight excluding hydrogens is 248 g/mol. The van der Waals surface area contributed by atoms with Gasteiger partial charge in [-0.25, -0.2) is 4.79 Å². The van der Waals surface area contributed by atoms with E-state index in [0.717, 1.165) is 6.42 Å². The van der Waals surface area contributed by atoms with Crippen LogP contribution in [0.25, 0.3) is 0 Å². The summed E-state index contributed by atoms with van der Waals surface area (Å²) < 4.78 is 0. The van der Waals surface area contributed by atoms with Gasteiger partial charge in [-0.3, -0.25) is 9.59 Å². The van der Waals surface area contributed by atoms with Crippen LogP contribution >= 0.6 is 0 Å². The molecule has 1 aliphatic carbocycles. The summed E-state index contributed by atoms with van der Waals surface area (Å²) in [6.45, 7) is 3.75. The van der Waals surface area contributed by atoms with Gasteiger partial charge in [0.2, 0.25) is 11.8 Å². The van der Waals surface area contributed by atoms with Gasteiger partial charge in [-0.1, -0.05) is 0 Å². The van der Waals surface area contributed by atoms with Crippen molar-refractivity contribution in [3.8, 4) is 0 Å². The minimum absolute atomic E-state index is 0.0839. The lowest BCUT2D eigenvalue weighted by Crippen LogP contribution is -2.59. The van der Waals surface area contributed by atoms with Crippen LogP contribution in [-0.4, -0.2) is 34.5 Å². The zero-order chi connectivity index (χ0) is 14.5. The van der Waals surface area contributed by atoms with Gasteiger partial charge in [-0.15, -0.1) is 0 Å². The molecule has 0 radical (unpaired) electrons. The first-order valence-electron chi connectivity index (χ1n) is 6.69. The van der Waals surface area contributed by atoms with E-state index in [1.807, 2.05) is 13.8 Å². The van der Waals surface area contributed by atoms with E-state index in [1.165, 1.54) is 0 Å². The highest BCUT2D eigenvalue weighted by Gasteiger charge is 2.45. The summed E-state index contributed by atoms with van der Waals surface area (Å²) in [6, 6.07) is 0.0894. The van der Waals surface area contributed by atoms with E-state index < -0.39 is 11.5 Å². The van der Waals surface area contributed by atoms with Crippen molar-refractivity contribution in [2.24, 2.45) is 0 Å². The van der Waals surface area contributed by atoms with Crippen molar-refractivity contribution in [2.75, 3.05) is 0 Å². The van der Waals surface area contributed by atoms with Crippen molar-refractivity contribution in [3.63, 3.8) is 0 Å². The summed E-state index contributed by atoms with van der Waals surface area (Å²) in [5.74, 6) is -1.34. The molecule has 0 unspecified atom stereocenters. The first kappa shape index (κ1) is 15.5. The lowest BCUT2D eigenvalue weighted by molar-refractivity contribution is -0.151. The number of aliphatic carboxylic acids is 1. The second-order valence-electron chi connectivity index (χ2n) is 5.36. The SMILES string of the molecule is CC(C)NC(=O)CCCC(=O)NC1(C(=O)O)CCC1. The van der Waals surface area contributed by atoms with E-state index in [9.17, 15) is 14.4 Å². The molecule has 0 heterocycles. The number of amides is 2. The normalized spacial score (nSPS) is 16.6. The highest BCUT2D eigenvalue weighted by Crippen LogP contribution is 2.32. The average molecular weight is 270 g/mol. The zero-order valence-electron chi connectivity index (χ0n) is 11.5. The number of hydrogen-bond donors (Lipinski definition) is 3. The van der Waals surface area contributed by atoms with Gasteiger partial charge in [0.15, 0.2) is 0 Å². The lowest BCUT2D eigenvalue weighted by Gasteiger charge is -2.38. The Kier molecular flexibility index (Phi) is 5.32. The van der Waals surface area contributed by atoms with Crippen molar-refractivity contribution < 1.29 is 19.5 Å². The van der Waals surface area contributed by atoms with E-state index in [2.05, 4.69) is 10.6 Å². The molecule has 0 saturated heterocycles. The van der Waals surface area contributed by atoms with Crippen LogP contribution in [0.1, 0.15) is 52.4 Å². The number of nitrogens with one attached hydrogen (secondary N) is 2. The third-order valence-electron chi connectivity index (χ3n) is 3.25. The predicted molar refractivity (Wildman–Crippen MR) is 69.5 cm³/mol. The minimum atomic E-state index is -1.06.